The van der Waals surface area contributed by atoms with Crippen LogP contribution in [0, 0.1) is 17.8 Å². The van der Waals surface area contributed by atoms with Crippen LogP contribution in [0.15, 0.2) is 42.5 Å². The van der Waals surface area contributed by atoms with E-state index in [1.807, 2.05) is 43.0 Å². The number of rotatable bonds is 5. The van der Waals surface area contributed by atoms with Crippen LogP contribution in [0.25, 0.3) is 10.8 Å². The van der Waals surface area contributed by atoms with Crippen molar-refractivity contribution in [3.63, 3.8) is 0 Å². The van der Waals surface area contributed by atoms with E-state index in [1.54, 1.807) is 0 Å². The van der Waals surface area contributed by atoms with Crippen LogP contribution in [-0.2, 0) is 16.0 Å². The molecular formula is C23H29N3O2. The van der Waals surface area contributed by atoms with Gasteiger partial charge in [-0.15, -0.1) is 0 Å². The Morgan fingerprint density at radius 3 is 2.43 bits per heavy atom. The van der Waals surface area contributed by atoms with Crippen LogP contribution >= 0.6 is 0 Å². The summed E-state index contributed by atoms with van der Waals surface area (Å²) in [7, 11) is 0. The highest BCUT2D eigenvalue weighted by atomic mass is 16.2. The molecule has 0 aromatic heterocycles. The zero-order valence-electron chi connectivity index (χ0n) is 16.7. The second kappa shape index (κ2) is 7.92. The highest BCUT2D eigenvalue weighted by molar-refractivity contribution is 5.90. The average Bonchev–Trinajstić information content (AvgIpc) is 3.27. The van der Waals surface area contributed by atoms with Crippen molar-refractivity contribution < 1.29 is 9.59 Å². The van der Waals surface area contributed by atoms with Crippen molar-refractivity contribution in [2.24, 2.45) is 17.8 Å². The maximum atomic E-state index is 13.1. The van der Waals surface area contributed by atoms with Gasteiger partial charge in [-0.1, -0.05) is 56.3 Å². The summed E-state index contributed by atoms with van der Waals surface area (Å²) in [4.78, 5) is 27.7. The van der Waals surface area contributed by atoms with Crippen molar-refractivity contribution in [3.8, 4) is 0 Å². The van der Waals surface area contributed by atoms with E-state index in [2.05, 4.69) is 28.8 Å². The van der Waals surface area contributed by atoms with Crippen molar-refractivity contribution in [1.29, 1.82) is 0 Å². The Morgan fingerprint density at radius 2 is 1.75 bits per heavy atom. The number of likely N-dealkylation sites (tertiary alicyclic amines) is 1. The van der Waals surface area contributed by atoms with Crippen molar-refractivity contribution in [1.82, 2.24) is 15.5 Å². The van der Waals surface area contributed by atoms with Gasteiger partial charge in [0.15, 0.2) is 0 Å². The minimum absolute atomic E-state index is 0.0617. The Hall–Kier alpha value is -2.40. The number of fused-ring (bicyclic) bond motifs is 2. The molecule has 0 spiro atoms. The lowest BCUT2D eigenvalue weighted by molar-refractivity contribution is -0.137. The summed E-state index contributed by atoms with van der Waals surface area (Å²) in [6, 6.07) is 13.7. The molecule has 0 aliphatic carbocycles. The normalized spacial score (nSPS) is 22.5. The van der Waals surface area contributed by atoms with Crippen LogP contribution in [0.2, 0.25) is 0 Å². The lowest BCUT2D eigenvalue weighted by Gasteiger charge is -2.27. The third-order valence-corrected chi connectivity index (χ3v) is 6.13. The van der Waals surface area contributed by atoms with Gasteiger partial charge >= 0.3 is 0 Å². The highest BCUT2D eigenvalue weighted by Crippen LogP contribution is 2.27. The smallest absolute Gasteiger partial charge is 0.245 e. The SMILES string of the molecule is CC(C)C(NC(=O)Cc1ccc2ccccc2c1)C(=O)N1C[C@H]2CNC[C@H]2C1. The summed E-state index contributed by atoms with van der Waals surface area (Å²) in [5, 5.41) is 8.70. The molecule has 4 rings (SSSR count). The minimum Gasteiger partial charge on any atom is -0.344 e. The third-order valence-electron chi connectivity index (χ3n) is 6.13. The lowest BCUT2D eigenvalue weighted by atomic mass is 10.0. The molecule has 1 unspecified atom stereocenters. The largest absolute Gasteiger partial charge is 0.344 e. The van der Waals surface area contributed by atoms with E-state index in [0.717, 1.165) is 42.5 Å². The van der Waals surface area contributed by atoms with Gasteiger partial charge in [0.1, 0.15) is 6.04 Å². The number of amides is 2. The number of carbonyl (C=O) groups excluding carboxylic acids is 2. The zero-order chi connectivity index (χ0) is 19.7. The van der Waals surface area contributed by atoms with Gasteiger partial charge in [-0.2, -0.15) is 0 Å². The maximum absolute atomic E-state index is 13.1. The average molecular weight is 380 g/mol. The molecule has 5 heteroatoms. The summed E-state index contributed by atoms with van der Waals surface area (Å²) in [6.07, 6.45) is 0.288. The number of hydrogen-bond acceptors (Lipinski definition) is 3. The van der Waals surface area contributed by atoms with Crippen molar-refractivity contribution in [3.05, 3.63) is 48.0 Å². The molecule has 3 atom stereocenters. The first-order valence-electron chi connectivity index (χ1n) is 10.3. The van der Waals surface area contributed by atoms with Crippen LogP contribution < -0.4 is 10.6 Å². The second-order valence-corrected chi connectivity index (χ2v) is 8.57. The summed E-state index contributed by atoms with van der Waals surface area (Å²) < 4.78 is 0. The van der Waals surface area contributed by atoms with E-state index in [4.69, 9.17) is 0 Å². The molecule has 2 fully saturated rings. The first-order chi connectivity index (χ1) is 13.5. The molecule has 0 radical (unpaired) electrons. The quantitative estimate of drug-likeness (QED) is 0.837. The molecule has 0 bridgehead atoms. The number of benzene rings is 2. The molecule has 2 aromatic carbocycles. The first kappa shape index (κ1) is 18.9. The predicted molar refractivity (Wildman–Crippen MR) is 111 cm³/mol. The van der Waals surface area contributed by atoms with Gasteiger partial charge in [-0.25, -0.2) is 0 Å². The van der Waals surface area contributed by atoms with Crippen molar-refractivity contribution in [2.45, 2.75) is 26.3 Å². The predicted octanol–water partition coefficient (Wildman–Crippen LogP) is 2.20. The molecule has 148 valence electrons. The monoisotopic (exact) mass is 379 g/mol. The first-order valence-corrected chi connectivity index (χ1v) is 10.3. The highest BCUT2D eigenvalue weighted by Gasteiger charge is 2.40. The Kier molecular flexibility index (Phi) is 5.36. The molecule has 28 heavy (non-hydrogen) atoms. The van der Waals surface area contributed by atoms with Gasteiger partial charge in [0.2, 0.25) is 11.8 Å². The van der Waals surface area contributed by atoms with E-state index >= 15 is 0 Å². The molecule has 2 amide bonds. The van der Waals surface area contributed by atoms with Crippen LogP contribution in [-0.4, -0.2) is 48.9 Å². The van der Waals surface area contributed by atoms with Crippen LogP contribution in [0.3, 0.4) is 0 Å². The standard InChI is InChI=1S/C23H29N3O2/c1-15(2)22(23(28)26-13-19-11-24-12-20(19)14-26)25-21(27)10-16-7-8-17-5-3-4-6-18(17)9-16/h3-9,15,19-20,22,24H,10-14H2,1-2H3,(H,25,27)/t19-,20+,22?. The molecule has 2 heterocycles. The van der Waals surface area contributed by atoms with E-state index in [9.17, 15) is 9.59 Å². The van der Waals surface area contributed by atoms with Crippen LogP contribution in [0.1, 0.15) is 19.4 Å². The van der Waals surface area contributed by atoms with Crippen molar-refractivity contribution >= 4 is 22.6 Å². The fourth-order valence-electron chi connectivity index (χ4n) is 4.50. The molecule has 2 aliphatic rings. The van der Waals surface area contributed by atoms with E-state index in [1.165, 1.54) is 0 Å². The molecule has 2 saturated heterocycles. The van der Waals surface area contributed by atoms with E-state index in [-0.39, 0.29) is 24.2 Å². The Labute approximate surface area is 166 Å². The lowest BCUT2D eigenvalue weighted by Crippen LogP contribution is -2.51. The fraction of sp³-hybridized carbons (Fsp3) is 0.478. The summed E-state index contributed by atoms with van der Waals surface area (Å²) in [5.41, 5.74) is 0.966. The number of carbonyl (C=O) groups is 2. The Balaban J connectivity index is 1.40. The fourth-order valence-corrected chi connectivity index (χ4v) is 4.50. The molecule has 5 nitrogen and oxygen atoms in total. The van der Waals surface area contributed by atoms with Gasteiger partial charge in [0, 0.05) is 26.2 Å². The summed E-state index contributed by atoms with van der Waals surface area (Å²) >= 11 is 0. The molecule has 0 saturated carbocycles. The van der Waals surface area contributed by atoms with Gasteiger partial charge in [0.25, 0.3) is 0 Å². The molecule has 2 aromatic rings. The van der Waals surface area contributed by atoms with E-state index in [0.29, 0.717) is 11.8 Å². The van der Waals surface area contributed by atoms with E-state index < -0.39 is 6.04 Å². The zero-order valence-corrected chi connectivity index (χ0v) is 16.7. The van der Waals surface area contributed by atoms with Crippen LogP contribution in [0.4, 0.5) is 0 Å². The van der Waals surface area contributed by atoms with Crippen molar-refractivity contribution in [2.75, 3.05) is 26.2 Å². The Bertz CT molecular complexity index is 867. The number of nitrogens with one attached hydrogen (secondary N) is 2. The topological polar surface area (TPSA) is 61.4 Å². The molecular weight excluding hydrogens is 350 g/mol. The van der Waals surface area contributed by atoms with Gasteiger partial charge in [-0.05, 0) is 34.1 Å². The number of hydrogen-bond donors (Lipinski definition) is 2. The Morgan fingerprint density at radius 1 is 1.07 bits per heavy atom. The third kappa shape index (κ3) is 3.90. The van der Waals surface area contributed by atoms with Crippen LogP contribution in [0.5, 0.6) is 0 Å². The minimum atomic E-state index is -0.459. The summed E-state index contributed by atoms with van der Waals surface area (Å²) in [5.74, 6) is 1.15. The second-order valence-electron chi connectivity index (χ2n) is 8.57. The van der Waals surface area contributed by atoms with Gasteiger partial charge in [0.05, 0.1) is 6.42 Å². The number of nitrogens with zero attached hydrogens (tertiary/aromatic N) is 1. The molecule has 2 N–H and O–H groups in total. The van der Waals surface area contributed by atoms with Gasteiger partial charge < -0.3 is 15.5 Å². The summed E-state index contributed by atoms with van der Waals surface area (Å²) in [6.45, 7) is 7.60. The molecule has 2 aliphatic heterocycles. The maximum Gasteiger partial charge on any atom is 0.245 e. The van der Waals surface area contributed by atoms with Gasteiger partial charge in [-0.3, -0.25) is 9.59 Å².